The lowest BCUT2D eigenvalue weighted by Crippen LogP contribution is -2.39. The Balaban J connectivity index is 3.10. The molecule has 0 bridgehead atoms. The van der Waals surface area contributed by atoms with Crippen molar-refractivity contribution in [3.63, 3.8) is 0 Å². The normalized spacial score (nSPS) is 24.4. The molecule has 0 aromatic rings. The standard InChI is InChI=1S/C14H20O5/c1-5-7-10-8-14(12(15)17-3,13(16)18-4)9-11(10)19-6-2/h7,10-11H,1,6,8-9H2,2-4H3/t10-,11+/m1/s1. The van der Waals surface area contributed by atoms with Crippen LogP contribution in [0.15, 0.2) is 18.4 Å². The molecule has 1 rings (SSSR count). The van der Waals surface area contributed by atoms with Crippen molar-refractivity contribution in [2.45, 2.75) is 25.9 Å². The summed E-state index contributed by atoms with van der Waals surface area (Å²) in [6.07, 6.45) is 2.04. The van der Waals surface area contributed by atoms with Crippen LogP contribution in [0.1, 0.15) is 19.8 Å². The molecule has 0 N–H and O–H groups in total. The summed E-state index contributed by atoms with van der Waals surface area (Å²) in [4.78, 5) is 24.0. The summed E-state index contributed by atoms with van der Waals surface area (Å²) in [5.74, 6) is -1.26. The van der Waals surface area contributed by atoms with Gasteiger partial charge in [0.25, 0.3) is 0 Å². The molecule has 19 heavy (non-hydrogen) atoms. The first-order valence-electron chi connectivity index (χ1n) is 6.20. The van der Waals surface area contributed by atoms with E-state index in [1.165, 1.54) is 14.2 Å². The molecule has 0 aromatic heterocycles. The number of esters is 2. The van der Waals surface area contributed by atoms with E-state index in [1.54, 1.807) is 6.08 Å². The topological polar surface area (TPSA) is 61.8 Å². The Labute approximate surface area is 113 Å². The van der Waals surface area contributed by atoms with E-state index in [4.69, 9.17) is 14.2 Å². The first-order valence-corrected chi connectivity index (χ1v) is 6.20. The van der Waals surface area contributed by atoms with Crippen molar-refractivity contribution in [1.82, 2.24) is 0 Å². The van der Waals surface area contributed by atoms with E-state index in [9.17, 15) is 9.59 Å². The minimum Gasteiger partial charge on any atom is -0.468 e. The second-order valence-electron chi connectivity index (χ2n) is 4.50. The number of carbonyl (C=O) groups excluding carboxylic acids is 2. The van der Waals surface area contributed by atoms with Crippen LogP contribution in [0.5, 0.6) is 0 Å². The van der Waals surface area contributed by atoms with Crippen LogP contribution in [0.2, 0.25) is 0 Å². The smallest absolute Gasteiger partial charge is 0.323 e. The average molecular weight is 268 g/mol. The molecule has 0 amide bonds. The van der Waals surface area contributed by atoms with Gasteiger partial charge in [-0.05, 0) is 19.4 Å². The molecule has 0 heterocycles. The summed E-state index contributed by atoms with van der Waals surface area (Å²) >= 11 is 0. The average Bonchev–Trinajstić information content (AvgIpc) is 2.78. The molecular formula is C14H20O5. The maximum Gasteiger partial charge on any atom is 0.323 e. The van der Waals surface area contributed by atoms with Crippen molar-refractivity contribution in [3.8, 4) is 0 Å². The van der Waals surface area contributed by atoms with Gasteiger partial charge in [-0.15, -0.1) is 5.73 Å². The van der Waals surface area contributed by atoms with Gasteiger partial charge in [0.1, 0.15) is 0 Å². The highest BCUT2D eigenvalue weighted by molar-refractivity contribution is 6.00. The van der Waals surface area contributed by atoms with Crippen molar-refractivity contribution < 1.29 is 23.8 Å². The number of hydrogen-bond donors (Lipinski definition) is 0. The summed E-state index contributed by atoms with van der Waals surface area (Å²) in [5.41, 5.74) is 1.40. The van der Waals surface area contributed by atoms with Crippen LogP contribution in [-0.4, -0.2) is 38.9 Å². The van der Waals surface area contributed by atoms with Crippen molar-refractivity contribution in [1.29, 1.82) is 0 Å². The van der Waals surface area contributed by atoms with Gasteiger partial charge >= 0.3 is 11.9 Å². The molecule has 2 atom stereocenters. The molecule has 5 heteroatoms. The Morgan fingerprint density at radius 3 is 2.32 bits per heavy atom. The molecule has 0 radical (unpaired) electrons. The lowest BCUT2D eigenvalue weighted by Gasteiger charge is -2.22. The fourth-order valence-electron chi connectivity index (χ4n) is 2.63. The summed E-state index contributed by atoms with van der Waals surface area (Å²) in [6, 6.07) is 0. The van der Waals surface area contributed by atoms with E-state index in [1.807, 2.05) is 6.92 Å². The van der Waals surface area contributed by atoms with Gasteiger partial charge in [0.05, 0.1) is 20.3 Å². The van der Waals surface area contributed by atoms with Crippen LogP contribution in [0.3, 0.4) is 0 Å². The molecule has 1 fully saturated rings. The second-order valence-corrected chi connectivity index (χ2v) is 4.50. The molecule has 0 spiro atoms. The number of hydrogen-bond acceptors (Lipinski definition) is 5. The molecule has 1 aliphatic rings. The zero-order valence-electron chi connectivity index (χ0n) is 11.6. The van der Waals surface area contributed by atoms with Crippen LogP contribution < -0.4 is 0 Å². The summed E-state index contributed by atoms with van der Waals surface area (Å²) in [6.45, 7) is 5.90. The minimum absolute atomic E-state index is 0.101. The van der Waals surface area contributed by atoms with Crippen LogP contribution in [0, 0.1) is 11.3 Å². The van der Waals surface area contributed by atoms with Crippen molar-refractivity contribution >= 4 is 11.9 Å². The highest BCUT2D eigenvalue weighted by atomic mass is 16.5. The van der Waals surface area contributed by atoms with E-state index in [0.29, 0.717) is 13.0 Å². The van der Waals surface area contributed by atoms with E-state index in [0.717, 1.165) is 0 Å². The van der Waals surface area contributed by atoms with Crippen molar-refractivity contribution in [3.05, 3.63) is 18.4 Å². The molecule has 0 unspecified atom stereocenters. The summed E-state index contributed by atoms with van der Waals surface area (Å²) in [7, 11) is 2.53. The minimum atomic E-state index is -1.29. The van der Waals surface area contributed by atoms with E-state index in [2.05, 4.69) is 12.3 Å². The Morgan fingerprint density at radius 1 is 1.32 bits per heavy atom. The van der Waals surface area contributed by atoms with E-state index in [-0.39, 0.29) is 18.4 Å². The summed E-state index contributed by atoms with van der Waals surface area (Å²) < 4.78 is 15.1. The van der Waals surface area contributed by atoms with Crippen LogP contribution in [0.4, 0.5) is 0 Å². The highest BCUT2D eigenvalue weighted by Crippen LogP contribution is 2.45. The Kier molecular flexibility index (Phi) is 5.33. The number of ether oxygens (including phenoxy) is 3. The van der Waals surface area contributed by atoms with Crippen LogP contribution in [-0.2, 0) is 23.8 Å². The Bertz CT molecular complexity index is 379. The Hall–Kier alpha value is -1.58. The maximum atomic E-state index is 12.0. The first kappa shape index (κ1) is 15.5. The van der Waals surface area contributed by atoms with Gasteiger partial charge < -0.3 is 14.2 Å². The van der Waals surface area contributed by atoms with Gasteiger partial charge in [-0.25, -0.2) is 0 Å². The number of methoxy groups -OCH3 is 2. The van der Waals surface area contributed by atoms with Gasteiger partial charge in [-0.2, -0.15) is 0 Å². The van der Waals surface area contributed by atoms with Gasteiger partial charge in [0, 0.05) is 18.9 Å². The third-order valence-corrected chi connectivity index (χ3v) is 3.48. The van der Waals surface area contributed by atoms with E-state index < -0.39 is 17.4 Å². The quantitative estimate of drug-likeness (QED) is 0.429. The predicted octanol–water partition coefficient (Wildman–Crippen LogP) is 1.47. The largest absolute Gasteiger partial charge is 0.468 e. The fraction of sp³-hybridized carbons (Fsp3) is 0.643. The van der Waals surface area contributed by atoms with Gasteiger partial charge in [-0.3, -0.25) is 9.59 Å². The van der Waals surface area contributed by atoms with E-state index >= 15 is 0 Å². The number of rotatable bonds is 5. The van der Waals surface area contributed by atoms with Crippen molar-refractivity contribution in [2.75, 3.05) is 20.8 Å². The highest BCUT2D eigenvalue weighted by Gasteiger charge is 2.57. The lowest BCUT2D eigenvalue weighted by atomic mass is 9.85. The fourth-order valence-corrected chi connectivity index (χ4v) is 2.63. The molecule has 5 nitrogen and oxygen atoms in total. The molecule has 0 aromatic carbocycles. The first-order chi connectivity index (χ1) is 9.05. The predicted molar refractivity (Wildman–Crippen MR) is 68.3 cm³/mol. The summed E-state index contributed by atoms with van der Waals surface area (Å²) in [5, 5.41) is 0. The third-order valence-electron chi connectivity index (χ3n) is 3.48. The molecule has 1 saturated carbocycles. The monoisotopic (exact) mass is 268 g/mol. The van der Waals surface area contributed by atoms with Crippen LogP contribution in [0.25, 0.3) is 0 Å². The molecule has 0 saturated heterocycles. The zero-order valence-corrected chi connectivity index (χ0v) is 11.6. The number of carbonyl (C=O) groups is 2. The van der Waals surface area contributed by atoms with Crippen LogP contribution >= 0.6 is 0 Å². The molecule has 0 aliphatic heterocycles. The molecule has 106 valence electrons. The van der Waals surface area contributed by atoms with Gasteiger partial charge in [0.2, 0.25) is 0 Å². The zero-order chi connectivity index (χ0) is 14.5. The third kappa shape index (κ3) is 2.88. The van der Waals surface area contributed by atoms with Gasteiger partial charge in [-0.1, -0.05) is 6.58 Å². The van der Waals surface area contributed by atoms with Crippen molar-refractivity contribution in [2.24, 2.45) is 11.3 Å². The molecular weight excluding hydrogens is 248 g/mol. The second kappa shape index (κ2) is 6.55. The maximum absolute atomic E-state index is 12.0. The SMILES string of the molecule is C=C=C[C@@H]1CC(C(=O)OC)(C(=O)OC)C[C@@H]1OCC. The lowest BCUT2D eigenvalue weighted by molar-refractivity contribution is -0.169. The van der Waals surface area contributed by atoms with Gasteiger partial charge in [0.15, 0.2) is 5.41 Å². The Morgan fingerprint density at radius 2 is 1.89 bits per heavy atom. The molecule has 1 aliphatic carbocycles.